The van der Waals surface area contributed by atoms with Gasteiger partial charge in [0.25, 0.3) is 0 Å². The average Bonchev–Trinajstić information content (AvgIpc) is 2.14. The Kier molecular flexibility index (Phi) is 3.25. The zero-order valence-corrected chi connectivity index (χ0v) is 7.69. The number of ether oxygens (including phenoxy) is 1. The van der Waals surface area contributed by atoms with E-state index in [4.69, 9.17) is 9.94 Å². The Bertz CT molecular complexity index is 310. The summed E-state index contributed by atoms with van der Waals surface area (Å²) >= 11 is 0. The quantitative estimate of drug-likeness (QED) is 0.326. The topological polar surface area (TPSA) is 54.7 Å². The van der Waals surface area contributed by atoms with Crippen LogP contribution in [0.3, 0.4) is 0 Å². The molecule has 0 spiro atoms. The molecule has 0 saturated heterocycles. The van der Waals surface area contributed by atoms with Crippen LogP contribution in [0.4, 0.5) is 0 Å². The monoisotopic (exact) mass is 180 g/mol. The van der Waals surface area contributed by atoms with Crippen LogP contribution in [0.1, 0.15) is 18.3 Å². The van der Waals surface area contributed by atoms with Crippen LogP contribution in [-0.4, -0.2) is 16.1 Å². The third-order valence-corrected chi connectivity index (χ3v) is 1.52. The number of aromatic nitrogens is 1. The first-order valence-corrected chi connectivity index (χ1v) is 3.96. The molecule has 0 fully saturated rings. The molecule has 0 aliphatic carbocycles. The number of hydrogen-bond donors (Lipinski definition) is 1. The van der Waals surface area contributed by atoms with Crippen molar-refractivity contribution in [3.63, 3.8) is 0 Å². The number of nitrogens with zero attached hydrogens (tertiary/aromatic N) is 2. The summed E-state index contributed by atoms with van der Waals surface area (Å²) in [6.07, 6.45) is 0. The minimum absolute atomic E-state index is 0.239. The molecule has 1 rings (SSSR count). The van der Waals surface area contributed by atoms with Crippen LogP contribution in [0, 0.1) is 6.92 Å². The molecule has 70 valence electrons. The van der Waals surface area contributed by atoms with Gasteiger partial charge in [-0.1, -0.05) is 11.2 Å². The molecule has 0 radical (unpaired) electrons. The second-order valence-corrected chi connectivity index (χ2v) is 2.68. The zero-order chi connectivity index (χ0) is 9.68. The van der Waals surface area contributed by atoms with Crippen molar-refractivity contribution in [2.24, 2.45) is 5.16 Å². The Balaban J connectivity index is 2.55. The highest BCUT2D eigenvalue weighted by molar-refractivity contribution is 5.72. The van der Waals surface area contributed by atoms with Crippen LogP contribution in [0.25, 0.3) is 0 Å². The fourth-order valence-corrected chi connectivity index (χ4v) is 0.887. The predicted molar refractivity (Wildman–Crippen MR) is 48.7 cm³/mol. The average molecular weight is 180 g/mol. The third kappa shape index (κ3) is 3.11. The summed E-state index contributed by atoms with van der Waals surface area (Å²) < 4.78 is 5.07. The molecule has 0 aromatic carbocycles. The van der Waals surface area contributed by atoms with Crippen molar-refractivity contribution in [3.05, 3.63) is 29.6 Å². The Morgan fingerprint density at radius 3 is 3.00 bits per heavy atom. The van der Waals surface area contributed by atoms with Gasteiger partial charge in [0.1, 0.15) is 6.61 Å². The lowest BCUT2D eigenvalue weighted by atomic mass is 10.3. The second kappa shape index (κ2) is 4.45. The maximum Gasteiger partial charge on any atom is 0.222 e. The van der Waals surface area contributed by atoms with Crippen LogP contribution < -0.4 is 0 Å². The number of aryl methyl sites for hydroxylation is 1. The van der Waals surface area contributed by atoms with Crippen LogP contribution in [0.2, 0.25) is 0 Å². The van der Waals surface area contributed by atoms with Crippen LogP contribution >= 0.6 is 0 Å². The van der Waals surface area contributed by atoms with E-state index in [2.05, 4.69) is 10.1 Å². The van der Waals surface area contributed by atoms with E-state index in [0.29, 0.717) is 6.61 Å². The molecule has 0 aliphatic heterocycles. The smallest absolute Gasteiger partial charge is 0.222 e. The normalized spacial score (nSPS) is 11.4. The molecule has 1 aromatic rings. The molecular weight excluding hydrogens is 168 g/mol. The van der Waals surface area contributed by atoms with E-state index < -0.39 is 0 Å². The van der Waals surface area contributed by atoms with Crippen LogP contribution in [0.5, 0.6) is 0 Å². The van der Waals surface area contributed by atoms with Gasteiger partial charge in [-0.25, -0.2) is 0 Å². The van der Waals surface area contributed by atoms with Crippen molar-refractivity contribution < 1.29 is 9.94 Å². The minimum Gasteiger partial charge on any atom is -0.472 e. The summed E-state index contributed by atoms with van der Waals surface area (Å²) in [6.45, 7) is 3.82. The molecule has 4 nitrogen and oxygen atoms in total. The lowest BCUT2D eigenvalue weighted by Crippen LogP contribution is -2.01. The molecule has 0 bridgehead atoms. The van der Waals surface area contributed by atoms with E-state index in [1.807, 2.05) is 25.1 Å². The fraction of sp³-hybridized carbons (Fsp3) is 0.333. The lowest BCUT2D eigenvalue weighted by molar-refractivity contribution is 0.242. The lowest BCUT2D eigenvalue weighted by Gasteiger charge is -2.03. The van der Waals surface area contributed by atoms with Gasteiger partial charge in [-0.15, -0.1) is 0 Å². The van der Waals surface area contributed by atoms with E-state index in [-0.39, 0.29) is 5.90 Å². The van der Waals surface area contributed by atoms with E-state index in [9.17, 15) is 0 Å². The summed E-state index contributed by atoms with van der Waals surface area (Å²) in [5.41, 5.74) is 1.77. The molecule has 0 saturated carbocycles. The highest BCUT2D eigenvalue weighted by Crippen LogP contribution is 2.00. The Morgan fingerprint density at radius 2 is 2.38 bits per heavy atom. The SMILES string of the molecule is CC(=NO)OCc1cccc(C)n1. The van der Waals surface area contributed by atoms with Gasteiger partial charge < -0.3 is 9.94 Å². The van der Waals surface area contributed by atoms with Crippen molar-refractivity contribution in [1.29, 1.82) is 0 Å². The van der Waals surface area contributed by atoms with E-state index in [1.165, 1.54) is 0 Å². The molecule has 4 heteroatoms. The molecule has 1 aromatic heterocycles. The van der Waals surface area contributed by atoms with Crippen molar-refractivity contribution in [2.45, 2.75) is 20.5 Å². The zero-order valence-electron chi connectivity index (χ0n) is 7.69. The van der Waals surface area contributed by atoms with E-state index in [0.717, 1.165) is 11.4 Å². The highest BCUT2D eigenvalue weighted by atomic mass is 16.5. The van der Waals surface area contributed by atoms with E-state index in [1.54, 1.807) is 6.92 Å². The third-order valence-electron chi connectivity index (χ3n) is 1.52. The molecule has 0 amide bonds. The number of hydrogen-bond acceptors (Lipinski definition) is 4. The maximum atomic E-state index is 8.31. The first-order chi connectivity index (χ1) is 6.22. The summed E-state index contributed by atoms with van der Waals surface area (Å²) in [6, 6.07) is 5.68. The largest absolute Gasteiger partial charge is 0.472 e. The molecule has 0 aliphatic rings. The highest BCUT2D eigenvalue weighted by Gasteiger charge is 1.96. The summed E-state index contributed by atoms with van der Waals surface area (Å²) in [5.74, 6) is 0.239. The first-order valence-electron chi connectivity index (χ1n) is 3.96. The minimum atomic E-state index is 0.239. The van der Waals surface area contributed by atoms with Gasteiger partial charge in [0, 0.05) is 12.6 Å². The van der Waals surface area contributed by atoms with Crippen LogP contribution in [-0.2, 0) is 11.3 Å². The predicted octanol–water partition coefficient (Wildman–Crippen LogP) is 1.71. The van der Waals surface area contributed by atoms with Gasteiger partial charge in [0.15, 0.2) is 0 Å². The van der Waals surface area contributed by atoms with Crippen molar-refractivity contribution in [1.82, 2.24) is 4.98 Å². The standard InChI is InChI=1S/C9H12N2O2/c1-7-4-3-5-9(10-7)6-13-8(2)11-12/h3-5,12H,6H2,1-2H3. The van der Waals surface area contributed by atoms with Crippen molar-refractivity contribution in [2.75, 3.05) is 0 Å². The van der Waals surface area contributed by atoms with Gasteiger partial charge in [-0.2, -0.15) is 0 Å². The van der Waals surface area contributed by atoms with Crippen LogP contribution in [0.15, 0.2) is 23.4 Å². The maximum absolute atomic E-state index is 8.31. The molecule has 13 heavy (non-hydrogen) atoms. The molecule has 1 heterocycles. The second-order valence-electron chi connectivity index (χ2n) is 2.68. The van der Waals surface area contributed by atoms with E-state index >= 15 is 0 Å². The van der Waals surface area contributed by atoms with Gasteiger partial charge in [-0.05, 0) is 19.1 Å². The molecular formula is C9H12N2O2. The summed E-state index contributed by atoms with van der Waals surface area (Å²) in [5, 5.41) is 11.2. The molecule has 1 N–H and O–H groups in total. The van der Waals surface area contributed by atoms with Gasteiger partial charge in [-0.3, -0.25) is 4.98 Å². The number of oxime groups is 1. The van der Waals surface area contributed by atoms with Gasteiger partial charge >= 0.3 is 0 Å². The van der Waals surface area contributed by atoms with Crippen molar-refractivity contribution in [3.8, 4) is 0 Å². The van der Waals surface area contributed by atoms with Gasteiger partial charge in [0.05, 0.1) is 5.69 Å². The Labute approximate surface area is 76.9 Å². The number of pyridine rings is 1. The Morgan fingerprint density at radius 1 is 1.62 bits per heavy atom. The summed E-state index contributed by atoms with van der Waals surface area (Å²) in [4.78, 5) is 4.22. The van der Waals surface area contributed by atoms with Gasteiger partial charge in [0.2, 0.25) is 5.90 Å². The number of rotatable bonds is 2. The summed E-state index contributed by atoms with van der Waals surface area (Å²) in [7, 11) is 0. The fourth-order valence-electron chi connectivity index (χ4n) is 0.887. The Hall–Kier alpha value is -1.58. The first kappa shape index (κ1) is 9.51. The van der Waals surface area contributed by atoms with Crippen molar-refractivity contribution >= 4 is 5.90 Å². The molecule has 0 atom stereocenters. The molecule has 0 unspecified atom stereocenters.